The molecule has 3 N–H and O–H groups in total. The number of phenols is 2. The SMILES string of the molecule is C1COCCN1.Oc1ccc(O)cc1. The third kappa shape index (κ3) is 4.69. The average molecular weight is 197 g/mol. The Bertz CT molecular complexity index is 212. The minimum absolute atomic E-state index is 0.169. The largest absolute Gasteiger partial charge is 0.508 e. The number of ether oxygens (including phenoxy) is 1. The second-order valence-electron chi connectivity index (χ2n) is 2.88. The van der Waals surface area contributed by atoms with E-state index in [0.717, 1.165) is 26.3 Å². The van der Waals surface area contributed by atoms with Crippen LogP contribution in [-0.4, -0.2) is 36.5 Å². The van der Waals surface area contributed by atoms with Crippen molar-refractivity contribution in [3.05, 3.63) is 24.3 Å². The predicted molar refractivity (Wildman–Crippen MR) is 53.5 cm³/mol. The van der Waals surface area contributed by atoms with Crippen molar-refractivity contribution in [2.45, 2.75) is 0 Å². The van der Waals surface area contributed by atoms with Crippen molar-refractivity contribution in [1.82, 2.24) is 5.32 Å². The van der Waals surface area contributed by atoms with Crippen molar-refractivity contribution in [2.24, 2.45) is 0 Å². The summed E-state index contributed by atoms with van der Waals surface area (Å²) in [7, 11) is 0. The van der Waals surface area contributed by atoms with Crippen LogP contribution in [0.25, 0.3) is 0 Å². The number of morpholine rings is 1. The Labute approximate surface area is 83.1 Å². The van der Waals surface area contributed by atoms with E-state index in [1.165, 1.54) is 24.3 Å². The molecule has 0 bridgehead atoms. The second kappa shape index (κ2) is 6.23. The molecule has 1 saturated heterocycles. The van der Waals surface area contributed by atoms with E-state index in [9.17, 15) is 0 Å². The van der Waals surface area contributed by atoms with Crippen molar-refractivity contribution in [1.29, 1.82) is 0 Å². The molecule has 0 amide bonds. The molecule has 4 nitrogen and oxygen atoms in total. The van der Waals surface area contributed by atoms with Crippen molar-refractivity contribution < 1.29 is 14.9 Å². The first-order valence-electron chi connectivity index (χ1n) is 4.55. The van der Waals surface area contributed by atoms with Gasteiger partial charge < -0.3 is 20.3 Å². The Balaban J connectivity index is 0.000000146. The first kappa shape index (κ1) is 10.8. The summed E-state index contributed by atoms with van der Waals surface area (Å²) in [5, 5.41) is 20.5. The van der Waals surface area contributed by atoms with Gasteiger partial charge in [0.15, 0.2) is 0 Å². The Morgan fingerprint density at radius 3 is 1.57 bits per heavy atom. The van der Waals surface area contributed by atoms with E-state index in [-0.39, 0.29) is 11.5 Å². The van der Waals surface area contributed by atoms with Crippen molar-refractivity contribution in [3.8, 4) is 11.5 Å². The molecule has 4 heteroatoms. The third-order valence-corrected chi connectivity index (χ3v) is 1.70. The van der Waals surface area contributed by atoms with E-state index >= 15 is 0 Å². The molecule has 1 aromatic rings. The molecule has 0 spiro atoms. The van der Waals surface area contributed by atoms with Gasteiger partial charge in [-0.05, 0) is 24.3 Å². The summed E-state index contributed by atoms with van der Waals surface area (Å²) in [5.41, 5.74) is 0. The molecule has 78 valence electrons. The quantitative estimate of drug-likeness (QED) is 0.536. The first-order chi connectivity index (χ1) is 6.79. The van der Waals surface area contributed by atoms with Crippen LogP contribution in [0.3, 0.4) is 0 Å². The molecular weight excluding hydrogens is 182 g/mol. The lowest BCUT2D eigenvalue weighted by atomic mass is 10.3. The maximum Gasteiger partial charge on any atom is 0.115 e. The monoisotopic (exact) mass is 197 g/mol. The first-order valence-corrected chi connectivity index (χ1v) is 4.55. The van der Waals surface area contributed by atoms with Gasteiger partial charge in [-0.3, -0.25) is 0 Å². The minimum Gasteiger partial charge on any atom is -0.508 e. The topological polar surface area (TPSA) is 61.7 Å². The molecule has 0 unspecified atom stereocenters. The van der Waals surface area contributed by atoms with Gasteiger partial charge in [0.1, 0.15) is 11.5 Å². The van der Waals surface area contributed by atoms with Gasteiger partial charge in [0.25, 0.3) is 0 Å². The Morgan fingerprint density at radius 2 is 1.36 bits per heavy atom. The molecule has 1 aromatic carbocycles. The maximum atomic E-state index is 8.65. The van der Waals surface area contributed by atoms with Crippen LogP contribution in [0.1, 0.15) is 0 Å². The number of rotatable bonds is 0. The summed E-state index contributed by atoms with van der Waals surface area (Å²) in [4.78, 5) is 0. The molecule has 1 aliphatic rings. The van der Waals surface area contributed by atoms with Crippen LogP contribution in [0.4, 0.5) is 0 Å². The Kier molecular flexibility index (Phi) is 4.82. The summed E-state index contributed by atoms with van der Waals surface area (Å²) in [6.07, 6.45) is 0. The standard InChI is InChI=1S/C6H6O2.C4H9NO/c7-5-1-2-6(8)4-3-5;1-3-6-4-2-5-1/h1-4,7-8H;5H,1-4H2. The molecule has 0 aromatic heterocycles. The van der Waals surface area contributed by atoms with Crippen LogP contribution in [0.15, 0.2) is 24.3 Å². The number of aromatic hydroxyl groups is 2. The van der Waals surface area contributed by atoms with E-state index in [1.54, 1.807) is 0 Å². The lowest BCUT2D eigenvalue weighted by Crippen LogP contribution is -2.30. The van der Waals surface area contributed by atoms with Crippen LogP contribution >= 0.6 is 0 Å². The Hall–Kier alpha value is -1.26. The zero-order valence-corrected chi connectivity index (χ0v) is 7.94. The maximum absolute atomic E-state index is 8.65. The van der Waals surface area contributed by atoms with E-state index < -0.39 is 0 Å². The molecule has 0 saturated carbocycles. The third-order valence-electron chi connectivity index (χ3n) is 1.70. The Morgan fingerprint density at radius 1 is 0.929 bits per heavy atom. The van der Waals surface area contributed by atoms with Crippen LogP contribution in [0, 0.1) is 0 Å². The van der Waals surface area contributed by atoms with Gasteiger partial charge in [0, 0.05) is 13.1 Å². The summed E-state index contributed by atoms with van der Waals surface area (Å²) < 4.78 is 5.01. The van der Waals surface area contributed by atoms with E-state index in [2.05, 4.69) is 5.32 Å². The fraction of sp³-hybridized carbons (Fsp3) is 0.400. The highest BCUT2D eigenvalue weighted by Gasteiger charge is 1.92. The number of benzene rings is 1. The highest BCUT2D eigenvalue weighted by molar-refractivity contribution is 5.28. The van der Waals surface area contributed by atoms with Crippen LogP contribution in [-0.2, 0) is 4.74 Å². The molecule has 1 aliphatic heterocycles. The zero-order valence-electron chi connectivity index (χ0n) is 7.94. The fourth-order valence-electron chi connectivity index (χ4n) is 0.968. The van der Waals surface area contributed by atoms with Gasteiger partial charge in [-0.2, -0.15) is 0 Å². The molecule has 14 heavy (non-hydrogen) atoms. The van der Waals surface area contributed by atoms with Crippen molar-refractivity contribution in [3.63, 3.8) is 0 Å². The summed E-state index contributed by atoms with van der Waals surface area (Å²) in [5.74, 6) is 0.339. The molecule has 0 atom stereocenters. The van der Waals surface area contributed by atoms with E-state index in [1.807, 2.05) is 0 Å². The van der Waals surface area contributed by atoms with Gasteiger partial charge >= 0.3 is 0 Å². The normalized spacial score (nSPS) is 15.4. The summed E-state index contributed by atoms with van der Waals surface area (Å²) >= 11 is 0. The van der Waals surface area contributed by atoms with Crippen molar-refractivity contribution >= 4 is 0 Å². The minimum atomic E-state index is 0.169. The molecule has 0 radical (unpaired) electrons. The molecule has 2 rings (SSSR count). The average Bonchev–Trinajstić information content (AvgIpc) is 2.26. The van der Waals surface area contributed by atoms with Crippen molar-refractivity contribution in [2.75, 3.05) is 26.3 Å². The van der Waals surface area contributed by atoms with Crippen LogP contribution < -0.4 is 5.32 Å². The molecular formula is C10H15NO3. The second-order valence-corrected chi connectivity index (χ2v) is 2.88. The van der Waals surface area contributed by atoms with Crippen LogP contribution in [0.5, 0.6) is 11.5 Å². The molecule has 1 fully saturated rings. The smallest absolute Gasteiger partial charge is 0.115 e. The van der Waals surface area contributed by atoms with Gasteiger partial charge in [-0.1, -0.05) is 0 Å². The predicted octanol–water partition coefficient (Wildman–Crippen LogP) is 0.704. The van der Waals surface area contributed by atoms with Gasteiger partial charge in [0.05, 0.1) is 13.2 Å². The lowest BCUT2D eigenvalue weighted by molar-refractivity contribution is 0.109. The van der Waals surface area contributed by atoms with E-state index in [0.29, 0.717) is 0 Å². The van der Waals surface area contributed by atoms with E-state index in [4.69, 9.17) is 14.9 Å². The number of hydrogen-bond acceptors (Lipinski definition) is 4. The molecule has 1 heterocycles. The number of hydrogen-bond donors (Lipinski definition) is 3. The number of nitrogens with one attached hydrogen (secondary N) is 1. The zero-order chi connectivity index (χ0) is 10.2. The summed E-state index contributed by atoms with van der Waals surface area (Å²) in [6, 6.07) is 5.70. The number of phenolic OH excluding ortho intramolecular Hbond substituents is 2. The van der Waals surface area contributed by atoms with Crippen LogP contribution in [0.2, 0.25) is 0 Å². The fourth-order valence-corrected chi connectivity index (χ4v) is 0.968. The summed E-state index contributed by atoms with van der Waals surface area (Å²) in [6.45, 7) is 3.83. The highest BCUT2D eigenvalue weighted by atomic mass is 16.5. The van der Waals surface area contributed by atoms with Gasteiger partial charge in [-0.15, -0.1) is 0 Å². The highest BCUT2D eigenvalue weighted by Crippen LogP contribution is 2.13. The lowest BCUT2D eigenvalue weighted by Gasteiger charge is -2.10. The van der Waals surface area contributed by atoms with Gasteiger partial charge in [0.2, 0.25) is 0 Å². The molecule has 0 aliphatic carbocycles. The van der Waals surface area contributed by atoms with Gasteiger partial charge in [-0.25, -0.2) is 0 Å².